The van der Waals surface area contributed by atoms with E-state index in [-0.39, 0.29) is 17.6 Å². The number of carbonyl (C=O) groups excluding carboxylic acids is 2. The molecule has 2 unspecified atom stereocenters. The van der Waals surface area contributed by atoms with Gasteiger partial charge < -0.3 is 10.1 Å². The molecular weight excluding hydrogens is 254 g/mol. The molecule has 0 radical (unpaired) electrons. The van der Waals surface area contributed by atoms with E-state index in [2.05, 4.69) is 11.9 Å². The van der Waals surface area contributed by atoms with Gasteiger partial charge in [-0.15, -0.1) is 0 Å². The van der Waals surface area contributed by atoms with E-state index in [1.807, 2.05) is 19.1 Å². The first-order valence-electron chi connectivity index (χ1n) is 6.88. The minimum absolute atomic E-state index is 0.120. The molecule has 0 aromatic carbocycles. The summed E-state index contributed by atoms with van der Waals surface area (Å²) in [4.78, 5) is 22.9. The van der Waals surface area contributed by atoms with Gasteiger partial charge >= 0.3 is 0 Å². The van der Waals surface area contributed by atoms with Gasteiger partial charge in [-0.3, -0.25) is 9.59 Å². The molecule has 0 saturated carbocycles. The van der Waals surface area contributed by atoms with E-state index in [1.165, 1.54) is 6.92 Å². The Morgan fingerprint density at radius 1 is 1.55 bits per heavy atom. The van der Waals surface area contributed by atoms with Crippen LogP contribution in [0.15, 0.2) is 36.1 Å². The van der Waals surface area contributed by atoms with Crippen molar-refractivity contribution in [2.24, 2.45) is 11.8 Å². The topological polar surface area (TPSA) is 55.4 Å². The average molecular weight is 277 g/mol. The second kappa shape index (κ2) is 7.68. The molecule has 1 aliphatic heterocycles. The predicted octanol–water partition coefficient (Wildman–Crippen LogP) is 2.38. The van der Waals surface area contributed by atoms with Gasteiger partial charge in [0.25, 0.3) is 0 Å². The highest BCUT2D eigenvalue weighted by molar-refractivity contribution is 5.99. The Kier molecular flexibility index (Phi) is 6.22. The summed E-state index contributed by atoms with van der Waals surface area (Å²) in [6.45, 7) is 9.80. The van der Waals surface area contributed by atoms with Crippen LogP contribution in [-0.4, -0.2) is 24.8 Å². The number of hydrogen-bond donors (Lipinski definition) is 1. The molecule has 0 fully saturated rings. The minimum atomic E-state index is -0.589. The van der Waals surface area contributed by atoms with Crippen molar-refractivity contribution in [2.75, 3.05) is 13.2 Å². The van der Waals surface area contributed by atoms with Crippen LogP contribution in [0.4, 0.5) is 0 Å². The van der Waals surface area contributed by atoms with Crippen LogP contribution in [0.3, 0.4) is 0 Å². The van der Waals surface area contributed by atoms with Crippen LogP contribution in [0.25, 0.3) is 0 Å². The number of hydrogen-bond acceptors (Lipinski definition) is 3. The molecule has 110 valence electrons. The highest BCUT2D eigenvalue weighted by Gasteiger charge is 2.22. The van der Waals surface area contributed by atoms with Crippen LogP contribution in [0.2, 0.25) is 0 Å². The maximum absolute atomic E-state index is 11.7. The third-order valence-corrected chi connectivity index (χ3v) is 3.42. The minimum Gasteiger partial charge on any atom is -0.493 e. The molecule has 0 aliphatic carbocycles. The largest absolute Gasteiger partial charge is 0.493 e. The number of rotatable bonds is 6. The summed E-state index contributed by atoms with van der Waals surface area (Å²) in [6, 6.07) is 0. The zero-order valence-corrected chi connectivity index (χ0v) is 12.4. The lowest BCUT2D eigenvalue weighted by molar-refractivity contribution is -0.132. The van der Waals surface area contributed by atoms with Gasteiger partial charge in [-0.05, 0) is 38.8 Å². The van der Waals surface area contributed by atoms with Crippen molar-refractivity contribution >= 4 is 11.7 Å². The SMILES string of the molecule is C=CC1=C(/C=C\C)CC(CNC(=O)C(C)C(C)=O)CO1. The van der Waals surface area contributed by atoms with Gasteiger partial charge in [0.15, 0.2) is 0 Å². The Bertz CT molecular complexity index is 449. The van der Waals surface area contributed by atoms with E-state index < -0.39 is 5.92 Å². The molecule has 0 saturated heterocycles. The molecule has 2 atom stereocenters. The second-order valence-electron chi connectivity index (χ2n) is 5.05. The fourth-order valence-electron chi connectivity index (χ4n) is 2.03. The van der Waals surface area contributed by atoms with Gasteiger partial charge in [0.05, 0.1) is 12.5 Å². The monoisotopic (exact) mass is 277 g/mol. The van der Waals surface area contributed by atoms with Crippen molar-refractivity contribution < 1.29 is 14.3 Å². The maximum Gasteiger partial charge on any atom is 0.230 e. The average Bonchev–Trinajstić information content (AvgIpc) is 2.44. The van der Waals surface area contributed by atoms with Gasteiger partial charge in [0, 0.05) is 12.5 Å². The van der Waals surface area contributed by atoms with Gasteiger partial charge in [0.2, 0.25) is 5.91 Å². The fraction of sp³-hybridized carbons (Fsp3) is 0.500. The quantitative estimate of drug-likeness (QED) is 0.758. The molecule has 4 nitrogen and oxygen atoms in total. The van der Waals surface area contributed by atoms with E-state index in [1.54, 1.807) is 13.0 Å². The Morgan fingerprint density at radius 2 is 2.25 bits per heavy atom. The summed E-state index contributed by atoms with van der Waals surface area (Å²) >= 11 is 0. The van der Waals surface area contributed by atoms with Crippen LogP contribution in [0.1, 0.15) is 27.2 Å². The number of carbonyl (C=O) groups is 2. The molecule has 1 aliphatic rings. The van der Waals surface area contributed by atoms with Crippen LogP contribution in [0, 0.1) is 11.8 Å². The molecule has 0 aromatic rings. The van der Waals surface area contributed by atoms with Gasteiger partial charge in [0.1, 0.15) is 11.5 Å². The lowest BCUT2D eigenvalue weighted by Crippen LogP contribution is -2.37. The summed E-state index contributed by atoms with van der Waals surface area (Å²) in [5, 5.41) is 2.82. The third-order valence-electron chi connectivity index (χ3n) is 3.42. The fourth-order valence-corrected chi connectivity index (χ4v) is 2.03. The Labute approximate surface area is 120 Å². The normalized spacial score (nSPS) is 20.4. The van der Waals surface area contributed by atoms with Crippen LogP contribution >= 0.6 is 0 Å². The van der Waals surface area contributed by atoms with Crippen molar-refractivity contribution in [3.05, 3.63) is 36.1 Å². The van der Waals surface area contributed by atoms with Crippen LogP contribution < -0.4 is 5.32 Å². The molecule has 0 spiro atoms. The maximum atomic E-state index is 11.7. The van der Waals surface area contributed by atoms with Gasteiger partial charge in [-0.1, -0.05) is 18.7 Å². The number of Topliss-reactive ketones (excluding diaryl/α,β-unsaturated/α-hetero) is 1. The van der Waals surface area contributed by atoms with Gasteiger partial charge in [-0.25, -0.2) is 0 Å². The standard InChI is InChI=1S/C16H23NO3/c1-5-7-14-8-13(10-20-15(14)6-2)9-17-16(19)11(3)12(4)18/h5-7,11,13H,2,8-10H2,1,3-4H3,(H,17,19)/b7-5-. The lowest BCUT2D eigenvalue weighted by atomic mass is 9.95. The summed E-state index contributed by atoms with van der Waals surface area (Å²) in [5.41, 5.74) is 1.09. The van der Waals surface area contributed by atoms with E-state index in [9.17, 15) is 9.59 Å². The third kappa shape index (κ3) is 4.37. The first-order chi connectivity index (χ1) is 9.49. The predicted molar refractivity (Wildman–Crippen MR) is 79.0 cm³/mol. The van der Waals surface area contributed by atoms with Crippen molar-refractivity contribution in [2.45, 2.75) is 27.2 Å². The summed E-state index contributed by atoms with van der Waals surface area (Å²) in [5.74, 6) is 0.0963. The first kappa shape index (κ1) is 16.2. The molecule has 0 bridgehead atoms. The molecule has 0 aromatic heterocycles. The van der Waals surface area contributed by atoms with E-state index in [4.69, 9.17) is 4.74 Å². The Hall–Kier alpha value is -1.84. The molecule has 20 heavy (non-hydrogen) atoms. The van der Waals surface area contributed by atoms with Gasteiger partial charge in [-0.2, -0.15) is 0 Å². The number of amides is 1. The molecule has 1 amide bonds. The molecule has 1 rings (SSSR count). The van der Waals surface area contributed by atoms with E-state index in [0.29, 0.717) is 13.2 Å². The second-order valence-corrected chi connectivity index (χ2v) is 5.05. The molecular formula is C16H23NO3. The first-order valence-corrected chi connectivity index (χ1v) is 6.88. The summed E-state index contributed by atoms with van der Waals surface area (Å²) < 4.78 is 5.64. The number of nitrogens with one attached hydrogen (secondary N) is 1. The Balaban J connectivity index is 2.56. The van der Waals surface area contributed by atoms with Crippen molar-refractivity contribution in [3.63, 3.8) is 0 Å². The van der Waals surface area contributed by atoms with E-state index in [0.717, 1.165) is 17.8 Å². The van der Waals surface area contributed by atoms with E-state index >= 15 is 0 Å². The van der Waals surface area contributed by atoms with Crippen LogP contribution in [0.5, 0.6) is 0 Å². The van der Waals surface area contributed by atoms with Crippen LogP contribution in [-0.2, 0) is 14.3 Å². The highest BCUT2D eigenvalue weighted by Crippen LogP contribution is 2.25. The van der Waals surface area contributed by atoms with Crippen molar-refractivity contribution in [3.8, 4) is 0 Å². The zero-order chi connectivity index (χ0) is 15.1. The number of ether oxygens (including phenoxy) is 1. The highest BCUT2D eigenvalue weighted by atomic mass is 16.5. The summed E-state index contributed by atoms with van der Waals surface area (Å²) in [7, 11) is 0. The van der Waals surface area contributed by atoms with Crippen molar-refractivity contribution in [1.29, 1.82) is 0 Å². The Morgan fingerprint density at radius 3 is 2.80 bits per heavy atom. The summed E-state index contributed by atoms with van der Waals surface area (Å²) in [6.07, 6.45) is 6.51. The lowest BCUT2D eigenvalue weighted by Gasteiger charge is -2.26. The molecule has 1 heterocycles. The van der Waals surface area contributed by atoms with Crippen molar-refractivity contribution in [1.82, 2.24) is 5.32 Å². The smallest absolute Gasteiger partial charge is 0.230 e. The zero-order valence-electron chi connectivity index (χ0n) is 12.4. The number of ketones is 1. The number of allylic oxidation sites excluding steroid dienone is 4. The molecule has 1 N–H and O–H groups in total. The molecule has 4 heteroatoms.